The van der Waals surface area contributed by atoms with Crippen LogP contribution in [0.25, 0.3) is 0 Å². The monoisotopic (exact) mass is 307 g/mol. The summed E-state index contributed by atoms with van der Waals surface area (Å²) in [5.41, 5.74) is 2.20. The molecule has 0 atom stereocenters. The predicted octanol–water partition coefficient (Wildman–Crippen LogP) is 1.83. The van der Waals surface area contributed by atoms with Gasteiger partial charge >= 0.3 is 0 Å². The molecule has 0 aromatic heterocycles. The maximum atomic E-state index is 12.8. The van der Waals surface area contributed by atoms with Crippen molar-refractivity contribution in [3.8, 4) is 12.3 Å². The normalized spacial score (nSPS) is 15.2. The summed E-state index contributed by atoms with van der Waals surface area (Å²) >= 11 is 0. The van der Waals surface area contributed by atoms with E-state index in [-0.39, 0.29) is 18.0 Å². The number of nitrogens with zero attached hydrogens (tertiary/aromatic N) is 1. The standard InChI is InChI=1S/C16H21NO3S/c1-4-7-17(10-14-5-6-14)21(19,20)16-9-15(11-18)12(2)8-13(16)3/h1,8-9,14,18H,5-7,10-11H2,2-3H3. The zero-order valence-corrected chi connectivity index (χ0v) is 13.3. The van der Waals surface area contributed by atoms with E-state index in [1.807, 2.05) is 6.92 Å². The van der Waals surface area contributed by atoms with Gasteiger partial charge in [-0.15, -0.1) is 6.42 Å². The number of hydrogen-bond donors (Lipinski definition) is 1. The van der Waals surface area contributed by atoms with Crippen LogP contribution in [-0.4, -0.2) is 30.9 Å². The highest BCUT2D eigenvalue weighted by molar-refractivity contribution is 7.89. The van der Waals surface area contributed by atoms with Gasteiger partial charge in [0.05, 0.1) is 18.0 Å². The molecule has 0 heterocycles. The van der Waals surface area contributed by atoms with Crippen molar-refractivity contribution in [2.45, 2.75) is 38.2 Å². The van der Waals surface area contributed by atoms with Crippen LogP contribution < -0.4 is 0 Å². The Balaban J connectivity index is 2.43. The molecule has 114 valence electrons. The second kappa shape index (κ2) is 6.18. The van der Waals surface area contributed by atoms with E-state index in [0.717, 1.165) is 18.4 Å². The molecule has 1 N–H and O–H groups in total. The summed E-state index contributed by atoms with van der Waals surface area (Å²) < 4.78 is 27.0. The lowest BCUT2D eigenvalue weighted by atomic mass is 10.1. The molecule has 1 aliphatic rings. The number of sulfonamides is 1. The molecule has 2 rings (SSSR count). The third-order valence-corrected chi connectivity index (χ3v) is 5.80. The van der Waals surface area contributed by atoms with Gasteiger partial charge in [-0.2, -0.15) is 4.31 Å². The van der Waals surface area contributed by atoms with Crippen LogP contribution in [0.15, 0.2) is 17.0 Å². The molecule has 5 heteroatoms. The summed E-state index contributed by atoms with van der Waals surface area (Å²) in [6, 6.07) is 3.36. The lowest BCUT2D eigenvalue weighted by Gasteiger charge is -2.21. The van der Waals surface area contributed by atoms with Crippen molar-refractivity contribution in [1.29, 1.82) is 0 Å². The SMILES string of the molecule is C#CCN(CC1CC1)S(=O)(=O)c1cc(CO)c(C)cc1C. The second-order valence-corrected chi connectivity index (χ2v) is 7.55. The lowest BCUT2D eigenvalue weighted by molar-refractivity contribution is 0.280. The molecule has 1 fully saturated rings. The van der Waals surface area contributed by atoms with Crippen molar-refractivity contribution in [2.75, 3.05) is 13.1 Å². The highest BCUT2D eigenvalue weighted by atomic mass is 32.2. The first-order valence-corrected chi connectivity index (χ1v) is 8.48. The number of terminal acetylenes is 1. The van der Waals surface area contributed by atoms with Crippen molar-refractivity contribution in [2.24, 2.45) is 5.92 Å². The molecule has 1 aromatic rings. The van der Waals surface area contributed by atoms with Crippen molar-refractivity contribution in [1.82, 2.24) is 4.31 Å². The first-order chi connectivity index (χ1) is 9.90. The second-order valence-electron chi connectivity index (χ2n) is 5.65. The summed E-state index contributed by atoms with van der Waals surface area (Å²) in [6.07, 6.45) is 7.44. The van der Waals surface area contributed by atoms with Gasteiger partial charge in [0.2, 0.25) is 10.0 Å². The van der Waals surface area contributed by atoms with Gasteiger partial charge in [-0.3, -0.25) is 0 Å². The molecule has 21 heavy (non-hydrogen) atoms. The fraction of sp³-hybridized carbons (Fsp3) is 0.500. The minimum Gasteiger partial charge on any atom is -0.392 e. The molecule has 0 aliphatic heterocycles. The molecule has 0 amide bonds. The van der Waals surface area contributed by atoms with E-state index in [1.165, 1.54) is 4.31 Å². The summed E-state index contributed by atoms with van der Waals surface area (Å²) in [6.45, 7) is 4.02. The molecule has 0 radical (unpaired) electrons. The Bertz CT molecular complexity index is 669. The highest BCUT2D eigenvalue weighted by Gasteiger charge is 2.32. The Morgan fingerprint density at radius 3 is 2.52 bits per heavy atom. The average Bonchev–Trinajstić information content (AvgIpc) is 3.22. The Labute approximate surface area is 126 Å². The third-order valence-electron chi connectivity index (χ3n) is 3.85. The van der Waals surface area contributed by atoms with Gasteiger partial charge in [-0.1, -0.05) is 12.0 Å². The van der Waals surface area contributed by atoms with Gasteiger partial charge in [0.25, 0.3) is 0 Å². The topological polar surface area (TPSA) is 57.6 Å². The molecule has 0 bridgehead atoms. The number of aliphatic hydroxyl groups excluding tert-OH is 1. The summed E-state index contributed by atoms with van der Waals surface area (Å²) in [7, 11) is -3.62. The quantitative estimate of drug-likeness (QED) is 0.816. The maximum absolute atomic E-state index is 12.8. The van der Waals surface area contributed by atoms with Gasteiger partial charge in [0.15, 0.2) is 0 Å². The van der Waals surface area contributed by atoms with Crippen LogP contribution in [0.3, 0.4) is 0 Å². The first-order valence-electron chi connectivity index (χ1n) is 7.04. The summed E-state index contributed by atoms with van der Waals surface area (Å²) in [4.78, 5) is 0.244. The molecule has 1 aromatic carbocycles. The fourth-order valence-corrected chi connectivity index (χ4v) is 4.09. The van der Waals surface area contributed by atoms with Crippen molar-refractivity contribution in [3.05, 3.63) is 28.8 Å². The summed E-state index contributed by atoms with van der Waals surface area (Å²) in [5.74, 6) is 2.86. The van der Waals surface area contributed by atoms with Crippen LogP contribution in [-0.2, 0) is 16.6 Å². The van der Waals surface area contributed by atoms with Crippen LogP contribution in [0.4, 0.5) is 0 Å². The molecule has 0 saturated heterocycles. The largest absolute Gasteiger partial charge is 0.392 e. The van der Waals surface area contributed by atoms with Crippen molar-refractivity contribution in [3.63, 3.8) is 0 Å². The van der Waals surface area contributed by atoms with E-state index < -0.39 is 10.0 Å². The molecular formula is C16H21NO3S. The number of hydrogen-bond acceptors (Lipinski definition) is 3. The average molecular weight is 307 g/mol. The first kappa shape index (κ1) is 16.0. The zero-order chi connectivity index (χ0) is 15.6. The number of benzene rings is 1. The molecular weight excluding hydrogens is 286 g/mol. The van der Waals surface area contributed by atoms with Crippen LogP contribution in [0.2, 0.25) is 0 Å². The third kappa shape index (κ3) is 3.46. The molecule has 0 spiro atoms. The van der Waals surface area contributed by atoms with Gasteiger partial charge < -0.3 is 5.11 Å². The van der Waals surface area contributed by atoms with E-state index in [1.54, 1.807) is 19.1 Å². The van der Waals surface area contributed by atoms with Crippen LogP contribution in [0.5, 0.6) is 0 Å². The van der Waals surface area contributed by atoms with Gasteiger partial charge in [0.1, 0.15) is 0 Å². The predicted molar refractivity (Wildman–Crippen MR) is 82.2 cm³/mol. The number of rotatable bonds is 6. The Morgan fingerprint density at radius 1 is 1.33 bits per heavy atom. The van der Waals surface area contributed by atoms with E-state index in [9.17, 15) is 13.5 Å². The lowest BCUT2D eigenvalue weighted by Crippen LogP contribution is -2.34. The number of aryl methyl sites for hydroxylation is 2. The van der Waals surface area contributed by atoms with Crippen molar-refractivity contribution >= 4 is 10.0 Å². The van der Waals surface area contributed by atoms with Crippen LogP contribution >= 0.6 is 0 Å². The van der Waals surface area contributed by atoms with E-state index in [4.69, 9.17) is 6.42 Å². The van der Waals surface area contributed by atoms with E-state index in [2.05, 4.69) is 5.92 Å². The molecule has 4 nitrogen and oxygen atoms in total. The Kier molecular flexibility index (Phi) is 4.72. The maximum Gasteiger partial charge on any atom is 0.244 e. The van der Waals surface area contributed by atoms with Gasteiger partial charge in [0, 0.05) is 6.54 Å². The minimum atomic E-state index is -3.62. The highest BCUT2D eigenvalue weighted by Crippen LogP contribution is 2.32. The zero-order valence-electron chi connectivity index (χ0n) is 12.5. The van der Waals surface area contributed by atoms with Gasteiger partial charge in [-0.25, -0.2) is 8.42 Å². The fourth-order valence-electron chi connectivity index (χ4n) is 2.40. The smallest absolute Gasteiger partial charge is 0.244 e. The van der Waals surface area contributed by atoms with Crippen molar-refractivity contribution < 1.29 is 13.5 Å². The Morgan fingerprint density at radius 2 is 2.00 bits per heavy atom. The van der Waals surface area contributed by atoms with E-state index >= 15 is 0 Å². The van der Waals surface area contributed by atoms with Gasteiger partial charge in [-0.05, 0) is 55.4 Å². The number of aliphatic hydroxyl groups is 1. The van der Waals surface area contributed by atoms with Crippen LogP contribution in [0, 0.1) is 32.1 Å². The molecule has 1 saturated carbocycles. The Hall–Kier alpha value is -1.35. The summed E-state index contributed by atoms with van der Waals surface area (Å²) in [5, 5.41) is 9.36. The molecule has 0 unspecified atom stereocenters. The minimum absolute atomic E-state index is 0.0839. The van der Waals surface area contributed by atoms with Crippen LogP contribution in [0.1, 0.15) is 29.5 Å². The van der Waals surface area contributed by atoms with E-state index in [0.29, 0.717) is 23.6 Å². The molecule has 1 aliphatic carbocycles.